The van der Waals surface area contributed by atoms with Crippen molar-refractivity contribution in [1.29, 1.82) is 0 Å². The Morgan fingerprint density at radius 3 is 2.26 bits per heavy atom. The molecule has 2 amide bonds. The number of carboxylic acids is 2. The highest BCUT2D eigenvalue weighted by Crippen LogP contribution is 2.17. The summed E-state index contributed by atoms with van der Waals surface area (Å²) in [6.07, 6.45) is 0.978. The van der Waals surface area contributed by atoms with Gasteiger partial charge >= 0.3 is 18.0 Å². The molecule has 1 atom stereocenters. The Labute approximate surface area is 133 Å². The standard InChI is InChI=1S/C16H20N2O5/c19-14(20)12-6-8-18(9-7-12)16(23)17-13(15(21)22)10-11-4-2-1-3-5-11/h1-5,12-13H,6-10H2,(H,17,23)(H,19,20)(H,21,22). The van der Waals surface area contributed by atoms with Crippen LogP contribution in [-0.4, -0.2) is 52.2 Å². The smallest absolute Gasteiger partial charge is 0.326 e. The number of piperidine rings is 1. The zero-order valence-electron chi connectivity index (χ0n) is 12.6. The molecule has 23 heavy (non-hydrogen) atoms. The van der Waals surface area contributed by atoms with Crippen molar-refractivity contribution >= 4 is 18.0 Å². The number of benzene rings is 1. The highest BCUT2D eigenvalue weighted by Gasteiger charge is 2.29. The fourth-order valence-electron chi connectivity index (χ4n) is 2.62. The number of likely N-dealkylation sites (tertiary alicyclic amines) is 1. The van der Waals surface area contributed by atoms with Gasteiger partial charge in [0.15, 0.2) is 0 Å². The first-order chi connectivity index (χ1) is 11.0. The number of nitrogens with one attached hydrogen (secondary N) is 1. The summed E-state index contributed by atoms with van der Waals surface area (Å²) in [7, 11) is 0. The molecule has 0 aliphatic carbocycles. The molecule has 0 bridgehead atoms. The zero-order valence-corrected chi connectivity index (χ0v) is 12.6. The van der Waals surface area contributed by atoms with E-state index in [0.29, 0.717) is 25.9 Å². The van der Waals surface area contributed by atoms with E-state index < -0.39 is 29.9 Å². The van der Waals surface area contributed by atoms with Crippen LogP contribution in [0.2, 0.25) is 0 Å². The summed E-state index contributed by atoms with van der Waals surface area (Å²) in [5, 5.41) is 20.8. The number of carboxylic acid groups (broad SMARTS) is 2. The Hall–Kier alpha value is -2.57. The molecule has 1 heterocycles. The third-order valence-corrected chi connectivity index (χ3v) is 4.01. The topological polar surface area (TPSA) is 107 Å². The van der Waals surface area contributed by atoms with E-state index in [0.717, 1.165) is 5.56 Å². The molecule has 1 saturated heterocycles. The Bertz CT molecular complexity index is 567. The molecule has 7 nitrogen and oxygen atoms in total. The predicted octanol–water partition coefficient (Wildman–Crippen LogP) is 1.19. The molecular formula is C16H20N2O5. The first kappa shape index (κ1) is 16.8. The van der Waals surface area contributed by atoms with E-state index in [2.05, 4.69) is 5.32 Å². The number of nitrogens with zero attached hydrogens (tertiary/aromatic N) is 1. The Morgan fingerprint density at radius 2 is 1.74 bits per heavy atom. The second kappa shape index (κ2) is 7.62. The molecule has 0 spiro atoms. The number of aliphatic carboxylic acids is 2. The van der Waals surface area contributed by atoms with Crippen molar-refractivity contribution in [2.24, 2.45) is 5.92 Å². The van der Waals surface area contributed by atoms with Crippen molar-refractivity contribution in [3.8, 4) is 0 Å². The van der Waals surface area contributed by atoms with Gasteiger partial charge in [-0.15, -0.1) is 0 Å². The number of hydrogen-bond donors (Lipinski definition) is 3. The van der Waals surface area contributed by atoms with Crippen molar-refractivity contribution in [1.82, 2.24) is 10.2 Å². The predicted molar refractivity (Wildman–Crippen MR) is 82.0 cm³/mol. The molecule has 124 valence electrons. The average molecular weight is 320 g/mol. The van der Waals surface area contributed by atoms with Crippen molar-refractivity contribution < 1.29 is 24.6 Å². The molecule has 0 radical (unpaired) electrons. The van der Waals surface area contributed by atoms with E-state index in [1.807, 2.05) is 18.2 Å². The second-order valence-corrected chi connectivity index (χ2v) is 5.63. The van der Waals surface area contributed by atoms with E-state index in [1.165, 1.54) is 4.90 Å². The van der Waals surface area contributed by atoms with Gasteiger partial charge in [0.2, 0.25) is 0 Å². The fourth-order valence-corrected chi connectivity index (χ4v) is 2.62. The summed E-state index contributed by atoms with van der Waals surface area (Å²) < 4.78 is 0. The van der Waals surface area contributed by atoms with Crippen LogP contribution in [-0.2, 0) is 16.0 Å². The normalized spacial score (nSPS) is 16.6. The zero-order chi connectivity index (χ0) is 16.8. The molecule has 1 unspecified atom stereocenters. The number of carbonyl (C=O) groups is 3. The van der Waals surface area contributed by atoms with Crippen molar-refractivity contribution in [3.05, 3.63) is 35.9 Å². The molecule has 1 aromatic rings. The molecule has 7 heteroatoms. The summed E-state index contributed by atoms with van der Waals surface area (Å²) in [5.41, 5.74) is 0.824. The molecule has 3 N–H and O–H groups in total. The van der Waals surface area contributed by atoms with Crippen LogP contribution in [0.3, 0.4) is 0 Å². The lowest BCUT2D eigenvalue weighted by Gasteiger charge is -2.31. The average Bonchev–Trinajstić information content (AvgIpc) is 2.55. The van der Waals surface area contributed by atoms with Gasteiger partial charge < -0.3 is 20.4 Å². The minimum Gasteiger partial charge on any atom is -0.481 e. The number of carbonyl (C=O) groups excluding carboxylic acids is 1. The first-order valence-electron chi connectivity index (χ1n) is 7.52. The number of hydrogen-bond acceptors (Lipinski definition) is 3. The van der Waals surface area contributed by atoms with Crippen LogP contribution < -0.4 is 5.32 Å². The maximum absolute atomic E-state index is 12.2. The lowest BCUT2D eigenvalue weighted by molar-refractivity contribution is -0.143. The van der Waals surface area contributed by atoms with E-state index in [1.54, 1.807) is 12.1 Å². The van der Waals surface area contributed by atoms with Gasteiger partial charge in [0.25, 0.3) is 0 Å². The van der Waals surface area contributed by atoms with Gasteiger partial charge in [-0.2, -0.15) is 0 Å². The third kappa shape index (κ3) is 4.70. The summed E-state index contributed by atoms with van der Waals surface area (Å²) >= 11 is 0. The Morgan fingerprint density at radius 1 is 1.13 bits per heavy atom. The molecule has 1 aliphatic heterocycles. The van der Waals surface area contributed by atoms with Crippen LogP contribution in [0.15, 0.2) is 30.3 Å². The van der Waals surface area contributed by atoms with Gasteiger partial charge in [-0.25, -0.2) is 9.59 Å². The summed E-state index contributed by atoms with van der Waals surface area (Å²) in [6.45, 7) is 0.640. The van der Waals surface area contributed by atoms with Gasteiger partial charge in [0.05, 0.1) is 5.92 Å². The Kier molecular flexibility index (Phi) is 5.56. The minimum atomic E-state index is -1.09. The lowest BCUT2D eigenvalue weighted by Crippen LogP contribution is -2.51. The largest absolute Gasteiger partial charge is 0.481 e. The summed E-state index contributed by atoms with van der Waals surface area (Å²) in [6, 6.07) is 7.60. The molecule has 1 aromatic carbocycles. The minimum absolute atomic E-state index is 0.202. The molecule has 1 aliphatic rings. The number of amides is 2. The van der Waals surface area contributed by atoms with Crippen molar-refractivity contribution in [3.63, 3.8) is 0 Å². The van der Waals surface area contributed by atoms with Crippen LogP contribution in [0.5, 0.6) is 0 Å². The maximum Gasteiger partial charge on any atom is 0.326 e. The van der Waals surface area contributed by atoms with E-state index in [9.17, 15) is 19.5 Å². The number of urea groups is 1. The highest BCUT2D eigenvalue weighted by atomic mass is 16.4. The molecular weight excluding hydrogens is 300 g/mol. The monoisotopic (exact) mass is 320 g/mol. The molecule has 2 rings (SSSR count). The third-order valence-electron chi connectivity index (χ3n) is 4.01. The Balaban J connectivity index is 1.91. The first-order valence-corrected chi connectivity index (χ1v) is 7.52. The van der Waals surface area contributed by atoms with Crippen LogP contribution in [0.4, 0.5) is 4.79 Å². The summed E-state index contributed by atoms with van der Waals surface area (Å²) in [5.74, 6) is -2.38. The highest BCUT2D eigenvalue weighted by molar-refractivity contribution is 5.83. The van der Waals surface area contributed by atoms with Crippen LogP contribution >= 0.6 is 0 Å². The number of rotatable bonds is 5. The van der Waals surface area contributed by atoms with Crippen molar-refractivity contribution in [2.75, 3.05) is 13.1 Å². The lowest BCUT2D eigenvalue weighted by atomic mass is 9.97. The van der Waals surface area contributed by atoms with Gasteiger partial charge in [-0.05, 0) is 18.4 Å². The fraction of sp³-hybridized carbons (Fsp3) is 0.438. The summed E-state index contributed by atoms with van der Waals surface area (Å²) in [4.78, 5) is 35.9. The van der Waals surface area contributed by atoms with Crippen LogP contribution in [0.25, 0.3) is 0 Å². The van der Waals surface area contributed by atoms with E-state index >= 15 is 0 Å². The SMILES string of the molecule is O=C(O)C1CCN(C(=O)NC(Cc2ccccc2)C(=O)O)CC1. The quantitative estimate of drug-likeness (QED) is 0.755. The maximum atomic E-state index is 12.2. The van der Waals surface area contributed by atoms with Gasteiger partial charge in [0, 0.05) is 19.5 Å². The molecule has 0 saturated carbocycles. The second-order valence-electron chi connectivity index (χ2n) is 5.63. The molecule has 0 aromatic heterocycles. The van der Waals surface area contributed by atoms with Crippen LogP contribution in [0, 0.1) is 5.92 Å². The van der Waals surface area contributed by atoms with Crippen LogP contribution in [0.1, 0.15) is 18.4 Å². The van der Waals surface area contributed by atoms with Gasteiger partial charge in [-0.3, -0.25) is 4.79 Å². The van der Waals surface area contributed by atoms with Crippen molar-refractivity contribution in [2.45, 2.75) is 25.3 Å². The van der Waals surface area contributed by atoms with Gasteiger partial charge in [-0.1, -0.05) is 30.3 Å². The van der Waals surface area contributed by atoms with E-state index in [4.69, 9.17) is 5.11 Å². The van der Waals surface area contributed by atoms with Gasteiger partial charge in [0.1, 0.15) is 6.04 Å². The molecule has 1 fully saturated rings. The van der Waals surface area contributed by atoms with E-state index in [-0.39, 0.29) is 6.42 Å².